The maximum atomic E-state index is 13.2. The lowest BCUT2D eigenvalue weighted by Crippen LogP contribution is -2.62. The van der Waals surface area contributed by atoms with E-state index in [1.165, 1.54) is 0 Å². The van der Waals surface area contributed by atoms with Gasteiger partial charge < -0.3 is 30.3 Å². The third kappa shape index (κ3) is 13.5. The molecule has 3 amide bonds. The first-order chi connectivity index (χ1) is 18.5. The molecule has 222 valence electrons. The van der Waals surface area contributed by atoms with Crippen LogP contribution in [0.15, 0.2) is 30.9 Å². The van der Waals surface area contributed by atoms with Crippen LogP contribution in [0.25, 0.3) is 0 Å². The Hall–Kier alpha value is -3.07. The standard InChI is InChI=1S/C23H36N4O5.C4H10.C3H6/c1-15(2)21(26-14-16-8-9-17(31-4)13-19(16)32-5)23(30)27-12-10-18(27)22(29)25-11-6-7-20(28)24-3;1-4(2)3;1-3-2/h8-9,13,15,18,21,26H,6-7,10-12,14H2,1-5H3,(H,24,28)(H,25,29);4H,1-3H3;3H,1H2,2H3. The normalized spacial score (nSPS) is 14.5. The molecule has 1 aromatic rings. The number of ether oxygens (including phenoxy) is 2. The summed E-state index contributed by atoms with van der Waals surface area (Å²) in [5.74, 6) is 1.96. The molecule has 2 rings (SSSR count). The molecule has 0 radical (unpaired) electrons. The monoisotopic (exact) mass is 548 g/mol. The average molecular weight is 549 g/mol. The lowest BCUT2D eigenvalue weighted by Gasteiger charge is -2.42. The maximum Gasteiger partial charge on any atom is 0.242 e. The number of amides is 3. The summed E-state index contributed by atoms with van der Waals surface area (Å²) in [6, 6.07) is 4.69. The lowest BCUT2D eigenvalue weighted by atomic mass is 9.96. The molecular weight excluding hydrogens is 496 g/mol. The summed E-state index contributed by atoms with van der Waals surface area (Å²) >= 11 is 0. The molecule has 0 bridgehead atoms. The molecule has 9 heteroatoms. The Labute approximate surface area is 236 Å². The van der Waals surface area contributed by atoms with Crippen LogP contribution in [0.5, 0.6) is 11.5 Å². The van der Waals surface area contributed by atoms with E-state index in [-0.39, 0.29) is 23.6 Å². The molecule has 0 saturated carbocycles. The zero-order valence-electron chi connectivity index (χ0n) is 25.6. The van der Waals surface area contributed by atoms with E-state index in [0.717, 1.165) is 11.5 Å². The van der Waals surface area contributed by atoms with Crippen molar-refractivity contribution < 1.29 is 23.9 Å². The minimum atomic E-state index is -0.457. The predicted octanol–water partition coefficient (Wildman–Crippen LogP) is 3.92. The molecule has 1 aliphatic heterocycles. The zero-order chi connectivity index (χ0) is 30.0. The number of carbonyl (C=O) groups excluding carboxylic acids is 3. The highest BCUT2D eigenvalue weighted by Crippen LogP contribution is 2.25. The number of allylic oxidation sites excluding steroid dienone is 1. The molecule has 1 aliphatic rings. The van der Waals surface area contributed by atoms with Crippen molar-refractivity contribution in [2.75, 3.05) is 34.4 Å². The molecule has 1 fully saturated rings. The zero-order valence-corrected chi connectivity index (χ0v) is 25.6. The van der Waals surface area contributed by atoms with Crippen molar-refractivity contribution >= 4 is 17.7 Å². The first kappa shape index (κ1) is 35.9. The number of benzene rings is 1. The van der Waals surface area contributed by atoms with Gasteiger partial charge in [0.2, 0.25) is 17.7 Å². The van der Waals surface area contributed by atoms with Gasteiger partial charge in [0.05, 0.1) is 20.3 Å². The number of nitrogens with one attached hydrogen (secondary N) is 3. The number of hydrogen-bond donors (Lipinski definition) is 3. The van der Waals surface area contributed by atoms with Crippen LogP contribution in [0, 0.1) is 11.8 Å². The minimum Gasteiger partial charge on any atom is -0.497 e. The summed E-state index contributed by atoms with van der Waals surface area (Å²) in [6.45, 7) is 17.1. The van der Waals surface area contributed by atoms with E-state index in [4.69, 9.17) is 9.47 Å². The van der Waals surface area contributed by atoms with E-state index in [2.05, 4.69) is 43.3 Å². The van der Waals surface area contributed by atoms with Crippen molar-refractivity contribution in [2.24, 2.45) is 11.8 Å². The van der Waals surface area contributed by atoms with Gasteiger partial charge in [-0.25, -0.2) is 0 Å². The molecule has 2 unspecified atom stereocenters. The summed E-state index contributed by atoms with van der Waals surface area (Å²) in [5, 5.41) is 8.73. The van der Waals surface area contributed by atoms with Gasteiger partial charge in [-0.1, -0.05) is 46.8 Å². The van der Waals surface area contributed by atoms with Crippen molar-refractivity contribution in [3.05, 3.63) is 36.4 Å². The van der Waals surface area contributed by atoms with E-state index in [9.17, 15) is 14.4 Å². The van der Waals surface area contributed by atoms with Crippen LogP contribution in [0.1, 0.15) is 66.4 Å². The second kappa shape index (κ2) is 19.9. The highest BCUT2D eigenvalue weighted by atomic mass is 16.5. The fourth-order valence-electron chi connectivity index (χ4n) is 3.63. The fourth-order valence-corrected chi connectivity index (χ4v) is 3.63. The van der Waals surface area contributed by atoms with E-state index in [1.807, 2.05) is 39.0 Å². The van der Waals surface area contributed by atoms with Crippen LogP contribution in [0.3, 0.4) is 0 Å². The molecular formula is C30H52N4O5. The SMILES string of the molecule is C=CC.CC(C)C.CNC(=O)CCCNC(=O)C1CCN1C(=O)C(NCc1ccc(OC)cc1OC)C(C)C. The molecule has 1 aromatic carbocycles. The third-order valence-corrected chi connectivity index (χ3v) is 5.70. The van der Waals surface area contributed by atoms with Gasteiger partial charge in [0, 0.05) is 44.7 Å². The van der Waals surface area contributed by atoms with E-state index in [0.29, 0.717) is 50.4 Å². The molecule has 0 aromatic heterocycles. The van der Waals surface area contributed by atoms with Crippen LogP contribution in [-0.4, -0.2) is 69.1 Å². The summed E-state index contributed by atoms with van der Waals surface area (Å²) in [7, 11) is 4.78. The molecule has 9 nitrogen and oxygen atoms in total. The molecule has 1 saturated heterocycles. The van der Waals surface area contributed by atoms with E-state index < -0.39 is 12.1 Å². The quantitative estimate of drug-likeness (QED) is 0.270. The van der Waals surface area contributed by atoms with Crippen molar-refractivity contribution in [1.29, 1.82) is 0 Å². The molecule has 0 spiro atoms. The molecule has 3 N–H and O–H groups in total. The smallest absolute Gasteiger partial charge is 0.242 e. The van der Waals surface area contributed by atoms with Crippen LogP contribution in [0.2, 0.25) is 0 Å². The first-order valence-corrected chi connectivity index (χ1v) is 13.8. The molecule has 2 atom stereocenters. The van der Waals surface area contributed by atoms with Crippen LogP contribution < -0.4 is 25.4 Å². The van der Waals surface area contributed by atoms with Gasteiger partial charge in [-0.05, 0) is 37.7 Å². The highest BCUT2D eigenvalue weighted by molar-refractivity contribution is 5.91. The Morgan fingerprint density at radius 2 is 1.74 bits per heavy atom. The van der Waals surface area contributed by atoms with Gasteiger partial charge in [0.25, 0.3) is 0 Å². The Morgan fingerprint density at radius 3 is 2.21 bits per heavy atom. The lowest BCUT2D eigenvalue weighted by molar-refractivity contribution is -0.149. The summed E-state index contributed by atoms with van der Waals surface area (Å²) in [4.78, 5) is 38.6. The predicted molar refractivity (Wildman–Crippen MR) is 158 cm³/mol. The number of nitrogens with zero attached hydrogens (tertiary/aromatic N) is 1. The second-order valence-electron chi connectivity index (χ2n) is 10.3. The highest BCUT2D eigenvalue weighted by Gasteiger charge is 2.40. The van der Waals surface area contributed by atoms with Crippen molar-refractivity contribution in [2.45, 2.75) is 79.4 Å². The molecule has 0 aliphatic carbocycles. The third-order valence-electron chi connectivity index (χ3n) is 5.70. The average Bonchev–Trinajstić information content (AvgIpc) is 2.85. The summed E-state index contributed by atoms with van der Waals surface area (Å²) < 4.78 is 10.7. The van der Waals surface area contributed by atoms with Gasteiger partial charge in [0.1, 0.15) is 17.5 Å². The van der Waals surface area contributed by atoms with Crippen LogP contribution in [0.4, 0.5) is 0 Å². The largest absolute Gasteiger partial charge is 0.497 e. The molecule has 1 heterocycles. The second-order valence-corrected chi connectivity index (χ2v) is 10.3. The summed E-state index contributed by atoms with van der Waals surface area (Å²) in [6.07, 6.45) is 3.31. The minimum absolute atomic E-state index is 0.0450. The Bertz CT molecular complexity index is 885. The van der Waals surface area contributed by atoms with Crippen LogP contribution in [-0.2, 0) is 20.9 Å². The number of methoxy groups -OCH3 is 2. The Morgan fingerprint density at radius 1 is 1.13 bits per heavy atom. The number of likely N-dealkylation sites (tertiary alicyclic amines) is 1. The number of carbonyl (C=O) groups is 3. The van der Waals surface area contributed by atoms with Crippen LogP contribution >= 0.6 is 0 Å². The fraction of sp³-hybridized carbons (Fsp3) is 0.633. The van der Waals surface area contributed by atoms with Crippen molar-refractivity contribution in [3.8, 4) is 11.5 Å². The van der Waals surface area contributed by atoms with E-state index >= 15 is 0 Å². The van der Waals surface area contributed by atoms with Crippen molar-refractivity contribution in [1.82, 2.24) is 20.9 Å². The number of hydrogen-bond acceptors (Lipinski definition) is 6. The first-order valence-electron chi connectivity index (χ1n) is 13.8. The number of rotatable bonds is 12. The van der Waals surface area contributed by atoms with Gasteiger partial charge >= 0.3 is 0 Å². The van der Waals surface area contributed by atoms with Gasteiger partial charge in [-0.3, -0.25) is 14.4 Å². The van der Waals surface area contributed by atoms with Gasteiger partial charge in [-0.2, -0.15) is 0 Å². The summed E-state index contributed by atoms with van der Waals surface area (Å²) in [5.41, 5.74) is 0.917. The Kier molecular flexibility index (Phi) is 18.4. The Balaban J connectivity index is 0.00000185. The topological polar surface area (TPSA) is 109 Å². The van der Waals surface area contributed by atoms with Crippen molar-refractivity contribution in [3.63, 3.8) is 0 Å². The van der Waals surface area contributed by atoms with E-state index in [1.54, 1.807) is 32.2 Å². The van der Waals surface area contributed by atoms with Gasteiger partial charge in [0.15, 0.2) is 0 Å². The maximum absolute atomic E-state index is 13.2. The van der Waals surface area contributed by atoms with Gasteiger partial charge in [-0.15, -0.1) is 6.58 Å². The molecule has 39 heavy (non-hydrogen) atoms.